The molecule has 0 saturated carbocycles. The predicted octanol–water partition coefficient (Wildman–Crippen LogP) is 4.14. The number of para-hydroxylation sites is 1. The van der Waals surface area contributed by atoms with Crippen molar-refractivity contribution in [2.24, 2.45) is 0 Å². The minimum atomic E-state index is -4.42. The van der Waals surface area contributed by atoms with Crippen molar-refractivity contribution < 1.29 is 22.8 Å². The van der Waals surface area contributed by atoms with Gasteiger partial charge in [-0.25, -0.2) is 4.98 Å². The molecule has 0 unspecified atom stereocenters. The number of rotatable bonds is 7. The Morgan fingerprint density at radius 3 is 2.53 bits per heavy atom. The van der Waals surface area contributed by atoms with Crippen molar-refractivity contribution in [3.05, 3.63) is 70.3 Å². The standard InChI is InChI=1S/C21H17F3N4O3S/c22-21(23,24)14-8-6-13(7-9-14)18-26-17(31-27-18)12-32-20-25-16-5-2-1-4-15(16)19(30)28(20)10-3-11-29/h1-2,4-9,29H,3,10-12H2. The highest BCUT2D eigenvalue weighted by atomic mass is 32.2. The minimum absolute atomic E-state index is 0.0660. The number of aliphatic hydroxyl groups excluding tert-OH is 1. The number of benzene rings is 2. The molecule has 0 atom stereocenters. The largest absolute Gasteiger partial charge is 0.416 e. The molecule has 2 heterocycles. The first-order valence-corrected chi connectivity index (χ1v) is 10.6. The highest BCUT2D eigenvalue weighted by Gasteiger charge is 2.30. The summed E-state index contributed by atoms with van der Waals surface area (Å²) in [6.45, 7) is 0.236. The first-order valence-electron chi connectivity index (χ1n) is 9.60. The van der Waals surface area contributed by atoms with Crippen molar-refractivity contribution in [2.45, 2.75) is 30.1 Å². The van der Waals surface area contributed by atoms with E-state index < -0.39 is 11.7 Å². The van der Waals surface area contributed by atoms with E-state index in [0.29, 0.717) is 34.6 Å². The summed E-state index contributed by atoms with van der Waals surface area (Å²) in [7, 11) is 0. The third kappa shape index (κ3) is 4.68. The summed E-state index contributed by atoms with van der Waals surface area (Å²) >= 11 is 1.22. The lowest BCUT2D eigenvalue weighted by Gasteiger charge is -2.11. The second-order valence-corrected chi connectivity index (χ2v) is 7.76. The lowest BCUT2D eigenvalue weighted by molar-refractivity contribution is -0.137. The molecule has 0 radical (unpaired) electrons. The van der Waals surface area contributed by atoms with E-state index >= 15 is 0 Å². The minimum Gasteiger partial charge on any atom is -0.396 e. The Labute approximate surface area is 183 Å². The summed E-state index contributed by atoms with van der Waals surface area (Å²) in [5.74, 6) is 0.608. The van der Waals surface area contributed by atoms with Crippen molar-refractivity contribution in [1.82, 2.24) is 19.7 Å². The Bertz CT molecular complexity index is 1290. The Hall–Kier alpha value is -3.18. The van der Waals surface area contributed by atoms with E-state index in [1.807, 2.05) is 0 Å². The van der Waals surface area contributed by atoms with Gasteiger partial charge in [-0.2, -0.15) is 18.2 Å². The van der Waals surface area contributed by atoms with Crippen LogP contribution in [0.4, 0.5) is 13.2 Å². The van der Waals surface area contributed by atoms with Crippen molar-refractivity contribution in [3.63, 3.8) is 0 Å². The topological polar surface area (TPSA) is 94.0 Å². The zero-order valence-electron chi connectivity index (χ0n) is 16.5. The van der Waals surface area contributed by atoms with Gasteiger partial charge < -0.3 is 9.63 Å². The maximum Gasteiger partial charge on any atom is 0.416 e. The van der Waals surface area contributed by atoms with Gasteiger partial charge in [0.1, 0.15) is 0 Å². The second kappa shape index (κ2) is 9.13. The van der Waals surface area contributed by atoms with Gasteiger partial charge in [-0.1, -0.05) is 41.2 Å². The number of hydrogen-bond donors (Lipinski definition) is 1. The van der Waals surface area contributed by atoms with Gasteiger partial charge in [-0.15, -0.1) is 0 Å². The summed E-state index contributed by atoms with van der Waals surface area (Å²) in [6.07, 6.45) is -4.03. The monoisotopic (exact) mass is 462 g/mol. The van der Waals surface area contributed by atoms with E-state index in [2.05, 4.69) is 15.1 Å². The third-order valence-electron chi connectivity index (χ3n) is 4.63. The zero-order valence-corrected chi connectivity index (χ0v) is 17.4. The molecule has 0 fully saturated rings. The smallest absolute Gasteiger partial charge is 0.396 e. The number of nitrogens with zero attached hydrogens (tertiary/aromatic N) is 4. The molecule has 2 aromatic carbocycles. The van der Waals surface area contributed by atoms with E-state index in [0.717, 1.165) is 12.1 Å². The Morgan fingerprint density at radius 2 is 1.81 bits per heavy atom. The molecule has 0 aliphatic carbocycles. The molecule has 0 saturated heterocycles. The van der Waals surface area contributed by atoms with Gasteiger partial charge in [0.2, 0.25) is 11.7 Å². The molecule has 4 rings (SSSR count). The maximum atomic E-state index is 12.9. The molecule has 0 aliphatic rings. The molecule has 2 aromatic heterocycles. The van der Waals surface area contributed by atoms with Gasteiger partial charge in [0.15, 0.2) is 5.16 Å². The number of alkyl halides is 3. The number of hydrogen-bond acceptors (Lipinski definition) is 7. The van der Waals surface area contributed by atoms with Gasteiger partial charge in [0.05, 0.1) is 22.2 Å². The van der Waals surface area contributed by atoms with Gasteiger partial charge in [-0.05, 0) is 30.7 Å². The summed E-state index contributed by atoms with van der Waals surface area (Å²) in [6, 6.07) is 11.5. The summed E-state index contributed by atoms with van der Waals surface area (Å²) in [5.41, 5.74) is -0.0239. The van der Waals surface area contributed by atoms with Gasteiger partial charge in [-0.3, -0.25) is 9.36 Å². The average molecular weight is 462 g/mol. The fourth-order valence-corrected chi connectivity index (χ4v) is 3.91. The molecule has 0 spiro atoms. The van der Waals surface area contributed by atoms with Crippen LogP contribution in [0.25, 0.3) is 22.3 Å². The van der Waals surface area contributed by atoms with Crippen LogP contribution in [-0.2, 0) is 18.5 Å². The quantitative estimate of drug-likeness (QED) is 0.326. The molecule has 32 heavy (non-hydrogen) atoms. The van der Waals surface area contributed by atoms with Gasteiger partial charge >= 0.3 is 6.18 Å². The van der Waals surface area contributed by atoms with Crippen LogP contribution in [0, 0.1) is 0 Å². The number of fused-ring (bicyclic) bond motifs is 1. The van der Waals surface area contributed by atoms with Crippen LogP contribution in [0.15, 0.2) is 63.0 Å². The van der Waals surface area contributed by atoms with Crippen LogP contribution in [0.2, 0.25) is 0 Å². The zero-order chi connectivity index (χ0) is 22.7. The van der Waals surface area contributed by atoms with E-state index in [-0.39, 0.29) is 29.6 Å². The molecule has 166 valence electrons. The van der Waals surface area contributed by atoms with Gasteiger partial charge in [0.25, 0.3) is 5.56 Å². The summed E-state index contributed by atoms with van der Waals surface area (Å²) in [5, 5.41) is 13.9. The number of thioether (sulfide) groups is 1. The van der Waals surface area contributed by atoms with Crippen LogP contribution in [0.1, 0.15) is 17.9 Å². The van der Waals surface area contributed by atoms with E-state index in [1.54, 1.807) is 24.3 Å². The van der Waals surface area contributed by atoms with Crippen LogP contribution in [-0.4, -0.2) is 31.4 Å². The van der Waals surface area contributed by atoms with Crippen LogP contribution >= 0.6 is 11.8 Å². The van der Waals surface area contributed by atoms with E-state index in [1.165, 1.54) is 28.5 Å². The Morgan fingerprint density at radius 1 is 1.06 bits per heavy atom. The van der Waals surface area contributed by atoms with Crippen LogP contribution < -0.4 is 5.56 Å². The molecule has 0 aliphatic heterocycles. The lowest BCUT2D eigenvalue weighted by Crippen LogP contribution is -2.24. The molecule has 4 aromatic rings. The normalized spacial score (nSPS) is 11.9. The van der Waals surface area contributed by atoms with Crippen molar-refractivity contribution in [2.75, 3.05) is 6.61 Å². The maximum absolute atomic E-state index is 12.9. The second-order valence-electron chi connectivity index (χ2n) is 6.82. The molecular weight excluding hydrogens is 445 g/mol. The van der Waals surface area contributed by atoms with Gasteiger partial charge in [0, 0.05) is 18.7 Å². The number of halogens is 3. The average Bonchev–Trinajstić information content (AvgIpc) is 3.26. The highest BCUT2D eigenvalue weighted by Crippen LogP contribution is 2.30. The number of aromatic nitrogens is 4. The van der Waals surface area contributed by atoms with Crippen LogP contribution in [0.5, 0.6) is 0 Å². The molecule has 1 N–H and O–H groups in total. The first-order chi connectivity index (χ1) is 15.4. The molecule has 11 heteroatoms. The number of aliphatic hydroxyl groups is 1. The van der Waals surface area contributed by atoms with Crippen LogP contribution in [0.3, 0.4) is 0 Å². The summed E-state index contributed by atoms with van der Waals surface area (Å²) < 4.78 is 44.9. The first kappa shape index (κ1) is 22.0. The molecule has 0 amide bonds. The lowest BCUT2D eigenvalue weighted by atomic mass is 10.1. The van der Waals surface area contributed by atoms with Crippen molar-refractivity contribution in [3.8, 4) is 11.4 Å². The SMILES string of the molecule is O=c1c2ccccc2nc(SCc2nc(-c3ccc(C(F)(F)F)cc3)no2)n1CCCO. The third-order valence-corrected chi connectivity index (χ3v) is 5.59. The van der Waals surface area contributed by atoms with Crippen molar-refractivity contribution >= 4 is 22.7 Å². The molecular formula is C21H17F3N4O3S. The highest BCUT2D eigenvalue weighted by molar-refractivity contribution is 7.98. The Kier molecular flexibility index (Phi) is 6.28. The van der Waals surface area contributed by atoms with E-state index in [4.69, 9.17) is 9.63 Å². The van der Waals surface area contributed by atoms with Crippen molar-refractivity contribution in [1.29, 1.82) is 0 Å². The molecule has 7 nitrogen and oxygen atoms in total. The molecule has 0 bridgehead atoms. The fraction of sp³-hybridized carbons (Fsp3) is 0.238. The Balaban J connectivity index is 1.55. The predicted molar refractivity (Wildman–Crippen MR) is 112 cm³/mol. The summed E-state index contributed by atoms with van der Waals surface area (Å²) in [4.78, 5) is 21.6. The fourth-order valence-electron chi connectivity index (χ4n) is 3.05. The van der Waals surface area contributed by atoms with E-state index in [9.17, 15) is 18.0 Å².